The van der Waals surface area contributed by atoms with Gasteiger partial charge in [-0.1, -0.05) is 19.9 Å². The molecule has 2 aliphatic carbocycles. The van der Waals surface area contributed by atoms with Gasteiger partial charge in [0.15, 0.2) is 0 Å². The molecule has 306 valence electrons. The Balaban J connectivity index is 1.20. The lowest BCUT2D eigenvalue weighted by Crippen LogP contribution is -2.60. The van der Waals surface area contributed by atoms with E-state index in [1.165, 1.54) is 38.3 Å². The van der Waals surface area contributed by atoms with Crippen molar-refractivity contribution in [1.29, 1.82) is 0 Å². The third kappa shape index (κ3) is 8.43. The maximum absolute atomic E-state index is 14.6. The second-order valence-electron chi connectivity index (χ2n) is 15.2. The first-order chi connectivity index (χ1) is 27.3. The van der Waals surface area contributed by atoms with Gasteiger partial charge in [0.25, 0.3) is 11.5 Å². The second-order valence-corrected chi connectivity index (χ2v) is 18.5. The van der Waals surface area contributed by atoms with Gasteiger partial charge in [-0.3, -0.25) is 19.2 Å². The van der Waals surface area contributed by atoms with E-state index in [0.717, 1.165) is 35.6 Å². The summed E-state index contributed by atoms with van der Waals surface area (Å²) in [5.74, 6) is -3.27. The van der Waals surface area contributed by atoms with Crippen LogP contribution in [-0.2, 0) is 34.1 Å². The normalized spacial score (nSPS) is 24.5. The number of alkyl carbamates (subject to hydrolysis) is 1. The van der Waals surface area contributed by atoms with E-state index in [0.29, 0.717) is 16.7 Å². The Labute approximate surface area is 338 Å². The summed E-state index contributed by atoms with van der Waals surface area (Å²) in [6.45, 7) is 7.65. The molecule has 7 rings (SSSR count). The number of thiophene rings is 2. The third-order valence-corrected chi connectivity index (χ3v) is 14.1. The van der Waals surface area contributed by atoms with Gasteiger partial charge in [-0.05, 0) is 82.8 Å². The van der Waals surface area contributed by atoms with Crippen LogP contribution in [0.1, 0.15) is 58.4 Å². The fourth-order valence-electron chi connectivity index (χ4n) is 7.94. The van der Waals surface area contributed by atoms with Crippen LogP contribution >= 0.6 is 22.7 Å². The van der Waals surface area contributed by atoms with E-state index in [1.54, 1.807) is 20.0 Å². The van der Waals surface area contributed by atoms with Crippen LogP contribution in [0.2, 0.25) is 0 Å². The number of morpholine rings is 1. The quantitative estimate of drug-likeness (QED) is 0.215. The lowest BCUT2D eigenvalue weighted by molar-refractivity contribution is -0.141. The van der Waals surface area contributed by atoms with Crippen molar-refractivity contribution in [2.24, 2.45) is 11.8 Å². The molecule has 3 N–H and O–H groups in total. The zero-order chi connectivity index (χ0) is 40.5. The summed E-state index contributed by atoms with van der Waals surface area (Å²) < 4.78 is 41.8. The Morgan fingerprint density at radius 2 is 1.75 bits per heavy atom. The highest BCUT2D eigenvalue weighted by Gasteiger charge is 2.61. The molecule has 5 atom stereocenters. The Bertz CT molecular complexity index is 2150. The van der Waals surface area contributed by atoms with E-state index >= 15 is 0 Å². The Kier molecular flexibility index (Phi) is 12.0. The minimum Gasteiger partial charge on any atom is -0.446 e. The van der Waals surface area contributed by atoms with E-state index in [1.807, 2.05) is 33.7 Å². The predicted octanol–water partition coefficient (Wildman–Crippen LogP) is 3.29. The van der Waals surface area contributed by atoms with Gasteiger partial charge >= 0.3 is 16.3 Å². The van der Waals surface area contributed by atoms with Gasteiger partial charge in [0.2, 0.25) is 11.8 Å². The maximum Gasteiger partial charge on any atom is 0.408 e. The maximum atomic E-state index is 14.6. The molecule has 0 spiro atoms. The number of hydrogen-bond donors (Lipinski definition) is 3. The summed E-state index contributed by atoms with van der Waals surface area (Å²) in [6, 6.07) is 0.628. The fourth-order valence-corrected chi connectivity index (χ4v) is 10.4. The second kappa shape index (κ2) is 16.8. The average Bonchev–Trinajstić information content (AvgIpc) is 3.87. The van der Waals surface area contributed by atoms with Crippen LogP contribution < -0.4 is 20.9 Å². The van der Waals surface area contributed by atoms with Gasteiger partial charge in [0.1, 0.15) is 23.7 Å². The first-order valence-electron chi connectivity index (χ1n) is 19.1. The van der Waals surface area contributed by atoms with Crippen molar-refractivity contribution in [2.45, 2.75) is 82.1 Å². The number of aromatic nitrogens is 2. The molecular weight excluding hydrogens is 795 g/mol. The van der Waals surface area contributed by atoms with Crippen molar-refractivity contribution < 1.29 is 37.1 Å². The summed E-state index contributed by atoms with van der Waals surface area (Å²) >= 11 is 2.93. The van der Waals surface area contributed by atoms with Gasteiger partial charge in [-0.15, -0.1) is 6.58 Å². The largest absolute Gasteiger partial charge is 0.446 e. The highest BCUT2D eigenvalue weighted by atomic mass is 32.2. The number of ether oxygens (including phenoxy) is 2. The zero-order valence-electron chi connectivity index (χ0n) is 31.8. The molecule has 2 saturated carbocycles. The predicted molar refractivity (Wildman–Crippen MR) is 213 cm³/mol. The molecular formula is C38H47N7O9S3. The SMILES string of the molecule is C=C[C@@H]1C[C@]1(NC(=O)[C@@H]1C[C@@H](n2ncc(-c3ccsc3)c(-c3ccsc3)c2=O)CN1C(=O)[C@@H](NC(=O)OC1CCCC1)C(C)C)C(=O)NS(=O)(=O)N1CCOCC1. The molecule has 3 aromatic rings. The molecule has 0 radical (unpaired) electrons. The van der Waals surface area contributed by atoms with Crippen LogP contribution in [0.5, 0.6) is 0 Å². The minimum absolute atomic E-state index is 0.0580. The Hall–Kier alpha value is -4.43. The lowest BCUT2D eigenvalue weighted by Gasteiger charge is -2.31. The molecule has 57 heavy (non-hydrogen) atoms. The van der Waals surface area contributed by atoms with Crippen molar-refractivity contribution in [2.75, 3.05) is 32.8 Å². The van der Waals surface area contributed by atoms with E-state index in [2.05, 4.69) is 27.0 Å². The molecule has 4 amide bonds. The molecule has 4 fully saturated rings. The topological polar surface area (TPSA) is 198 Å². The van der Waals surface area contributed by atoms with Crippen LogP contribution in [0.15, 0.2) is 57.3 Å². The molecule has 4 aliphatic rings. The third-order valence-electron chi connectivity index (χ3n) is 11.2. The van der Waals surface area contributed by atoms with Crippen LogP contribution in [0.4, 0.5) is 4.79 Å². The fraction of sp³-hybridized carbons (Fsp3) is 0.526. The average molecular weight is 842 g/mol. The molecule has 2 saturated heterocycles. The first kappa shape index (κ1) is 40.8. The molecule has 3 aromatic heterocycles. The number of rotatable bonds is 13. The van der Waals surface area contributed by atoms with Crippen LogP contribution in [0.25, 0.3) is 22.3 Å². The van der Waals surface area contributed by atoms with Crippen molar-refractivity contribution in [3.63, 3.8) is 0 Å². The van der Waals surface area contributed by atoms with Crippen LogP contribution in [0, 0.1) is 11.8 Å². The summed E-state index contributed by atoms with van der Waals surface area (Å²) in [6.07, 6.45) is 5.46. The number of amides is 4. The standard InChI is InChI=1S/C38H47N7O9S3/c1-4-26-18-38(26,36(49)42-57(51,52)43-11-13-53-14-12-43)41-33(46)30-17-27(20-44(30)35(48)32(23(2)3)40-37(50)54-28-7-5-6-8-28)45-34(47)31(25-10-16-56-22-25)29(19-39-45)24-9-15-55-21-24/h4,9-10,15-16,19,21-23,26-28,30,32H,1,5-8,11-14,17-18,20H2,2-3H3,(H,40,50)(H,41,46)(H,42,49)/t26-,27-,30+,32+,38-/m1/s1. The monoisotopic (exact) mass is 841 g/mol. The number of hydrogen-bond acceptors (Lipinski definition) is 12. The summed E-state index contributed by atoms with van der Waals surface area (Å²) in [5.41, 5.74) is 0.536. The van der Waals surface area contributed by atoms with Crippen molar-refractivity contribution >= 4 is 56.7 Å². The van der Waals surface area contributed by atoms with Crippen LogP contribution in [0.3, 0.4) is 0 Å². The lowest BCUT2D eigenvalue weighted by atomic mass is 10.0. The number of nitrogens with zero attached hydrogens (tertiary/aromatic N) is 4. The Morgan fingerprint density at radius 3 is 2.37 bits per heavy atom. The summed E-state index contributed by atoms with van der Waals surface area (Å²) in [5, 5.41) is 17.7. The van der Waals surface area contributed by atoms with Gasteiger partial charge < -0.3 is 25.0 Å². The molecule has 0 bridgehead atoms. The zero-order valence-corrected chi connectivity index (χ0v) is 34.2. The number of carbonyl (C=O) groups is 4. The molecule has 16 nitrogen and oxygen atoms in total. The van der Waals surface area contributed by atoms with Gasteiger partial charge in [0.05, 0.1) is 31.0 Å². The highest BCUT2D eigenvalue weighted by Crippen LogP contribution is 2.45. The van der Waals surface area contributed by atoms with E-state index in [-0.39, 0.29) is 51.8 Å². The molecule has 2 aliphatic heterocycles. The number of nitrogens with one attached hydrogen (secondary N) is 3. The van der Waals surface area contributed by atoms with Crippen molar-refractivity contribution in [3.8, 4) is 22.3 Å². The Morgan fingerprint density at radius 1 is 1.07 bits per heavy atom. The van der Waals surface area contributed by atoms with Gasteiger partial charge in [-0.25, -0.2) is 14.2 Å². The van der Waals surface area contributed by atoms with E-state index < -0.39 is 75.1 Å². The molecule has 5 heterocycles. The smallest absolute Gasteiger partial charge is 0.408 e. The van der Waals surface area contributed by atoms with Crippen LogP contribution in [-0.4, -0.2) is 108 Å². The number of likely N-dealkylation sites (tertiary alicyclic amines) is 1. The van der Waals surface area contributed by atoms with Crippen molar-refractivity contribution in [3.05, 3.63) is 62.9 Å². The highest BCUT2D eigenvalue weighted by molar-refractivity contribution is 7.87. The van der Waals surface area contributed by atoms with Gasteiger partial charge in [-0.2, -0.15) is 40.5 Å². The minimum atomic E-state index is -4.26. The molecule has 19 heteroatoms. The molecule has 0 aromatic carbocycles. The number of carbonyl (C=O) groups excluding carboxylic acids is 4. The van der Waals surface area contributed by atoms with Gasteiger partial charge in [0, 0.05) is 37.5 Å². The molecule has 0 unspecified atom stereocenters. The summed E-state index contributed by atoms with van der Waals surface area (Å²) in [4.78, 5) is 71.7. The van der Waals surface area contributed by atoms with E-state index in [9.17, 15) is 32.4 Å². The van der Waals surface area contributed by atoms with E-state index in [4.69, 9.17) is 9.47 Å². The first-order valence-corrected chi connectivity index (χ1v) is 22.4. The van der Waals surface area contributed by atoms with Crippen molar-refractivity contribution in [1.82, 2.24) is 34.3 Å². The summed E-state index contributed by atoms with van der Waals surface area (Å²) in [7, 11) is -4.26.